The second-order valence-electron chi connectivity index (χ2n) is 24.7. The number of rotatable bonds is 2. The van der Waals surface area contributed by atoms with E-state index in [1.54, 1.807) is 0 Å². The highest BCUT2D eigenvalue weighted by Crippen LogP contribution is 2.62. The average molecular weight is 842 g/mol. The minimum absolute atomic E-state index is 0.0145. The zero-order chi connectivity index (χ0) is 45.3. The van der Waals surface area contributed by atoms with Gasteiger partial charge in [-0.3, -0.25) is 0 Å². The van der Waals surface area contributed by atoms with Crippen LogP contribution in [0.5, 0.6) is 0 Å². The van der Waals surface area contributed by atoms with Gasteiger partial charge in [0.25, 0.3) is 6.71 Å². The third kappa shape index (κ3) is 5.72. The zero-order valence-electron chi connectivity index (χ0n) is 41.1. The normalized spacial score (nSPS) is 20.4. The molecular formula is C60H68BN3. The van der Waals surface area contributed by atoms with Crippen LogP contribution < -0.4 is 26.2 Å². The Morgan fingerprint density at radius 1 is 0.484 bits per heavy atom. The van der Waals surface area contributed by atoms with E-state index in [4.69, 9.17) is 0 Å². The van der Waals surface area contributed by atoms with Crippen LogP contribution >= 0.6 is 0 Å². The first-order valence-electron chi connectivity index (χ1n) is 24.3. The molecule has 0 N–H and O–H groups in total. The van der Waals surface area contributed by atoms with E-state index in [-0.39, 0.29) is 39.3 Å². The van der Waals surface area contributed by atoms with Gasteiger partial charge in [-0.25, -0.2) is 0 Å². The molecule has 3 nitrogen and oxygen atoms in total. The van der Waals surface area contributed by atoms with Gasteiger partial charge in [0.2, 0.25) is 0 Å². The molecule has 2 atom stereocenters. The number of anilines is 5. The summed E-state index contributed by atoms with van der Waals surface area (Å²) >= 11 is 0. The molecule has 1 fully saturated rings. The number of fused-ring (bicyclic) bond motifs is 10. The fourth-order valence-electron chi connectivity index (χ4n) is 12.5. The van der Waals surface area contributed by atoms with Crippen molar-refractivity contribution in [2.75, 3.05) is 9.80 Å². The van der Waals surface area contributed by atoms with Crippen LogP contribution in [0.3, 0.4) is 0 Å². The van der Waals surface area contributed by atoms with Crippen LogP contribution in [0.4, 0.5) is 28.4 Å². The lowest BCUT2D eigenvalue weighted by atomic mass is 9.33. The Bertz CT molecular complexity index is 3070. The molecule has 4 heteroatoms. The summed E-state index contributed by atoms with van der Waals surface area (Å²) in [5, 5.41) is 2.73. The maximum Gasteiger partial charge on any atom is 0.252 e. The van der Waals surface area contributed by atoms with Gasteiger partial charge in [0.15, 0.2) is 0 Å². The lowest BCUT2D eigenvalue weighted by Gasteiger charge is -2.50. The van der Waals surface area contributed by atoms with Gasteiger partial charge in [-0.2, -0.15) is 0 Å². The molecule has 0 bridgehead atoms. The third-order valence-corrected chi connectivity index (χ3v) is 16.5. The molecule has 4 heterocycles. The Kier molecular flexibility index (Phi) is 8.56. The van der Waals surface area contributed by atoms with E-state index < -0.39 is 0 Å². The predicted octanol–water partition coefficient (Wildman–Crippen LogP) is 14.3. The zero-order valence-corrected chi connectivity index (χ0v) is 41.1. The first-order chi connectivity index (χ1) is 30.0. The van der Waals surface area contributed by atoms with Crippen LogP contribution in [0.15, 0.2) is 109 Å². The fourth-order valence-corrected chi connectivity index (χ4v) is 12.5. The smallest absolute Gasteiger partial charge is 0.252 e. The SMILES string of the molecule is CC(C)(C)c1ccc(N2c3cc4c(cc3B3c5c2cc(C(C)(C)C)cc5-n2c5ccc(C(C)(C)C)cc5c5cc(C(C)(C)C)cc3c52)C2(C)CCCCC2(C)N4c2ccccc2)cc1. The highest BCUT2D eigenvalue weighted by Gasteiger charge is 2.58. The second-order valence-corrected chi connectivity index (χ2v) is 24.7. The van der Waals surface area contributed by atoms with E-state index in [2.05, 4.69) is 220 Å². The number of aromatic nitrogens is 1. The second kappa shape index (κ2) is 13.2. The molecule has 2 unspecified atom stereocenters. The van der Waals surface area contributed by atoms with Crippen molar-refractivity contribution in [1.29, 1.82) is 0 Å². The number of nitrogens with zero attached hydrogens (tertiary/aromatic N) is 3. The molecule has 0 amide bonds. The van der Waals surface area contributed by atoms with E-state index in [0.29, 0.717) is 0 Å². The van der Waals surface area contributed by atoms with Gasteiger partial charge < -0.3 is 14.4 Å². The molecule has 7 aromatic rings. The van der Waals surface area contributed by atoms with Crippen LogP contribution in [0.1, 0.15) is 150 Å². The van der Waals surface area contributed by atoms with E-state index in [1.807, 2.05) is 0 Å². The standard InChI is InChI=1S/C60H68BN3/c1-55(2,3)37-22-25-41(26-23-37)62-50-36-49-45(59(13)28-18-19-29-60(59,14)64(49)42-20-16-15-17-21-42)35-46(50)61-47-32-39(57(7,8)9)31-44-43-30-38(56(4,5)6)24-27-48(43)63(54(44)47)52-34-40(58(10,11)12)33-51(62)53(52)61/h15-17,20-27,30-36H,18-19,28-29H2,1-14H3. The number of benzene rings is 6. The molecule has 1 aromatic heterocycles. The Morgan fingerprint density at radius 3 is 1.73 bits per heavy atom. The Hall–Kier alpha value is -5.22. The summed E-state index contributed by atoms with van der Waals surface area (Å²) in [5.74, 6) is 0. The minimum Gasteiger partial charge on any atom is -0.334 e. The molecule has 0 radical (unpaired) electrons. The van der Waals surface area contributed by atoms with Crippen molar-refractivity contribution in [3.63, 3.8) is 0 Å². The Morgan fingerprint density at radius 2 is 1.08 bits per heavy atom. The van der Waals surface area contributed by atoms with Gasteiger partial charge in [0, 0.05) is 55.8 Å². The maximum atomic E-state index is 2.76. The van der Waals surface area contributed by atoms with Crippen LogP contribution in [0, 0.1) is 0 Å². The topological polar surface area (TPSA) is 11.4 Å². The summed E-state index contributed by atoms with van der Waals surface area (Å²) in [4.78, 5) is 5.43. The highest BCUT2D eigenvalue weighted by molar-refractivity contribution is 7.00. The minimum atomic E-state index is -0.0815. The quantitative estimate of drug-likeness (QED) is 0.161. The van der Waals surface area contributed by atoms with Crippen molar-refractivity contribution in [1.82, 2.24) is 4.57 Å². The summed E-state index contributed by atoms with van der Waals surface area (Å²) in [6, 6.07) is 43.9. The molecule has 6 aromatic carbocycles. The van der Waals surface area contributed by atoms with Crippen molar-refractivity contribution < 1.29 is 0 Å². The number of hydrogen-bond donors (Lipinski definition) is 0. The molecule has 4 aliphatic rings. The van der Waals surface area contributed by atoms with E-state index >= 15 is 0 Å². The van der Waals surface area contributed by atoms with E-state index in [9.17, 15) is 0 Å². The van der Waals surface area contributed by atoms with E-state index in [0.717, 1.165) is 0 Å². The molecule has 1 aliphatic carbocycles. The first-order valence-corrected chi connectivity index (χ1v) is 24.3. The van der Waals surface area contributed by atoms with Crippen LogP contribution in [-0.2, 0) is 27.1 Å². The lowest BCUT2D eigenvalue weighted by Crippen LogP contribution is -2.61. The Labute approximate surface area is 384 Å². The fraction of sp³-hybridized carbons (Fsp3) is 0.400. The van der Waals surface area contributed by atoms with Gasteiger partial charge in [-0.15, -0.1) is 0 Å². The molecule has 3 aliphatic heterocycles. The summed E-state index contributed by atoms with van der Waals surface area (Å²) in [5.41, 5.74) is 21.7. The van der Waals surface area contributed by atoms with Gasteiger partial charge in [0.05, 0.1) is 11.1 Å². The Balaban J connectivity index is 1.32. The summed E-state index contributed by atoms with van der Waals surface area (Å²) < 4.78 is 2.68. The lowest BCUT2D eigenvalue weighted by molar-refractivity contribution is 0.195. The van der Waals surface area contributed by atoms with Crippen molar-refractivity contribution >= 4 is 73.3 Å². The van der Waals surface area contributed by atoms with Gasteiger partial charge in [-0.05, 0) is 146 Å². The number of para-hydroxylation sites is 1. The van der Waals surface area contributed by atoms with Gasteiger partial charge in [-0.1, -0.05) is 151 Å². The molecule has 0 saturated heterocycles. The van der Waals surface area contributed by atoms with E-state index in [1.165, 1.54) is 126 Å². The maximum absolute atomic E-state index is 2.76. The van der Waals surface area contributed by atoms with Gasteiger partial charge in [0.1, 0.15) is 0 Å². The largest absolute Gasteiger partial charge is 0.334 e. The molecular weight excluding hydrogens is 773 g/mol. The average Bonchev–Trinajstić information content (AvgIpc) is 3.66. The first kappa shape index (κ1) is 41.5. The molecule has 326 valence electrons. The molecule has 1 saturated carbocycles. The van der Waals surface area contributed by atoms with Crippen molar-refractivity contribution in [3.05, 3.63) is 137 Å². The summed E-state index contributed by atoms with van der Waals surface area (Å²) in [6.45, 7) is 33.6. The number of hydrogen-bond acceptors (Lipinski definition) is 2. The molecule has 11 rings (SSSR count). The van der Waals surface area contributed by atoms with Crippen molar-refractivity contribution in [3.8, 4) is 5.69 Å². The molecule has 0 spiro atoms. The van der Waals surface area contributed by atoms with Crippen molar-refractivity contribution in [2.24, 2.45) is 0 Å². The third-order valence-electron chi connectivity index (χ3n) is 16.5. The van der Waals surface area contributed by atoms with Crippen molar-refractivity contribution in [2.45, 2.75) is 155 Å². The van der Waals surface area contributed by atoms with Crippen LogP contribution in [0.25, 0.3) is 27.5 Å². The molecule has 64 heavy (non-hydrogen) atoms. The predicted molar refractivity (Wildman–Crippen MR) is 278 cm³/mol. The van der Waals surface area contributed by atoms with Gasteiger partial charge >= 0.3 is 0 Å². The summed E-state index contributed by atoms with van der Waals surface area (Å²) in [6.07, 6.45) is 4.87. The summed E-state index contributed by atoms with van der Waals surface area (Å²) in [7, 11) is 0. The monoisotopic (exact) mass is 842 g/mol. The highest BCUT2D eigenvalue weighted by atomic mass is 15.3. The van der Waals surface area contributed by atoms with Crippen LogP contribution in [-0.4, -0.2) is 16.8 Å². The van der Waals surface area contributed by atoms with Crippen LogP contribution in [0.2, 0.25) is 0 Å².